The molecular weight excluding hydrogens is 266 g/mol. The monoisotopic (exact) mass is 293 g/mol. The van der Waals surface area contributed by atoms with Crippen LogP contribution in [0.25, 0.3) is 0 Å². The van der Waals surface area contributed by atoms with Crippen LogP contribution in [0.15, 0.2) is 24.3 Å². The minimum absolute atomic E-state index is 0.145. The molecule has 3 N–H and O–H groups in total. The van der Waals surface area contributed by atoms with E-state index in [1.807, 2.05) is 52.2 Å². The van der Waals surface area contributed by atoms with Crippen molar-refractivity contribution in [2.24, 2.45) is 5.73 Å². The maximum absolute atomic E-state index is 12.2. The fourth-order valence-corrected chi connectivity index (χ4v) is 1.81. The van der Waals surface area contributed by atoms with Gasteiger partial charge in [0.05, 0.1) is 5.54 Å². The van der Waals surface area contributed by atoms with Crippen molar-refractivity contribution in [1.29, 1.82) is 0 Å². The molecule has 0 bridgehead atoms. The van der Waals surface area contributed by atoms with E-state index in [4.69, 9.17) is 10.5 Å². The predicted octanol–water partition coefficient (Wildman–Crippen LogP) is 2.08. The van der Waals surface area contributed by atoms with E-state index in [1.165, 1.54) is 0 Å². The number of nitrogens with two attached hydrogens (primary N) is 1. The number of benzene rings is 1. The van der Waals surface area contributed by atoms with Gasteiger partial charge in [0.15, 0.2) is 0 Å². The number of amides is 1. The molecule has 0 saturated carbocycles. The molecular formula is C16H27N3O2. The number of nitrogens with zero attached hydrogens (tertiary/aromatic N) is 1. The van der Waals surface area contributed by atoms with Crippen molar-refractivity contribution >= 4 is 11.6 Å². The van der Waals surface area contributed by atoms with E-state index in [1.54, 1.807) is 0 Å². The van der Waals surface area contributed by atoms with Crippen LogP contribution in [-0.2, 0) is 4.79 Å². The summed E-state index contributed by atoms with van der Waals surface area (Å²) in [6.07, 6.45) is 1.22. The van der Waals surface area contributed by atoms with Crippen LogP contribution in [0.3, 0.4) is 0 Å². The molecule has 118 valence electrons. The Morgan fingerprint density at radius 2 is 1.81 bits per heavy atom. The summed E-state index contributed by atoms with van der Waals surface area (Å²) in [6, 6.07) is 7.35. The van der Waals surface area contributed by atoms with Crippen molar-refractivity contribution in [3.63, 3.8) is 0 Å². The Bertz CT molecular complexity index is 439. The molecule has 0 aliphatic carbocycles. The second kappa shape index (κ2) is 8.00. The molecule has 0 radical (unpaired) electrons. The maximum atomic E-state index is 12.2. The van der Waals surface area contributed by atoms with Gasteiger partial charge in [-0.2, -0.15) is 0 Å². The van der Waals surface area contributed by atoms with Gasteiger partial charge in [-0.05, 0) is 51.2 Å². The molecule has 0 heterocycles. The van der Waals surface area contributed by atoms with E-state index in [9.17, 15) is 4.79 Å². The number of hydrogen-bond donors (Lipinski definition) is 2. The highest BCUT2D eigenvalue weighted by Gasteiger charge is 2.29. The molecule has 0 saturated heterocycles. The molecule has 1 aromatic carbocycles. The summed E-state index contributed by atoms with van der Waals surface area (Å²) in [7, 11) is 4.01. The Balaban J connectivity index is 2.56. The summed E-state index contributed by atoms with van der Waals surface area (Å²) in [4.78, 5) is 14.2. The average Bonchev–Trinajstić information content (AvgIpc) is 2.47. The normalized spacial score (nSPS) is 11.5. The molecule has 0 aromatic heterocycles. The quantitative estimate of drug-likeness (QED) is 0.770. The van der Waals surface area contributed by atoms with Gasteiger partial charge in [-0.1, -0.05) is 13.8 Å². The first-order chi connectivity index (χ1) is 9.91. The summed E-state index contributed by atoms with van der Waals surface area (Å²) < 4.78 is 5.61. The number of likely N-dealkylation sites (N-methyl/N-ethyl adjacent to an activating group) is 1. The Morgan fingerprint density at radius 1 is 1.24 bits per heavy atom. The molecule has 0 atom stereocenters. The first-order valence-electron chi connectivity index (χ1n) is 7.39. The fourth-order valence-electron chi connectivity index (χ4n) is 1.81. The lowest BCUT2D eigenvalue weighted by Gasteiger charge is -2.25. The van der Waals surface area contributed by atoms with Crippen LogP contribution < -0.4 is 15.8 Å². The summed E-state index contributed by atoms with van der Waals surface area (Å²) in [6.45, 7) is 5.34. The molecule has 0 spiro atoms. The van der Waals surface area contributed by atoms with Gasteiger partial charge in [-0.15, -0.1) is 0 Å². The van der Waals surface area contributed by atoms with E-state index in [0.29, 0.717) is 19.4 Å². The zero-order chi connectivity index (χ0) is 15.9. The van der Waals surface area contributed by atoms with E-state index >= 15 is 0 Å². The van der Waals surface area contributed by atoms with Crippen LogP contribution in [0.2, 0.25) is 0 Å². The lowest BCUT2D eigenvalue weighted by atomic mass is 9.93. The van der Waals surface area contributed by atoms with Crippen molar-refractivity contribution in [2.75, 3.05) is 32.6 Å². The Kier molecular flexibility index (Phi) is 6.65. The molecule has 1 amide bonds. The third-order valence-electron chi connectivity index (χ3n) is 3.63. The van der Waals surface area contributed by atoms with Crippen LogP contribution in [0.5, 0.6) is 5.75 Å². The van der Waals surface area contributed by atoms with Crippen LogP contribution >= 0.6 is 0 Å². The Labute approximate surface area is 127 Å². The Hall–Kier alpha value is -1.59. The summed E-state index contributed by atoms with van der Waals surface area (Å²) in [5.41, 5.74) is 6.00. The second-order valence-electron chi connectivity index (χ2n) is 5.49. The molecule has 0 aliphatic rings. The fraction of sp³-hybridized carbons (Fsp3) is 0.562. The number of hydrogen-bond acceptors (Lipinski definition) is 4. The van der Waals surface area contributed by atoms with Crippen LogP contribution in [0.4, 0.5) is 5.69 Å². The van der Waals surface area contributed by atoms with Gasteiger partial charge in [-0.3, -0.25) is 4.79 Å². The predicted molar refractivity (Wildman–Crippen MR) is 86.6 cm³/mol. The van der Waals surface area contributed by atoms with Crippen molar-refractivity contribution < 1.29 is 9.53 Å². The first-order valence-corrected chi connectivity index (χ1v) is 7.39. The van der Waals surface area contributed by atoms with Crippen molar-refractivity contribution in [3.8, 4) is 5.75 Å². The SMILES string of the molecule is CCC(N)(CC)C(=O)Nc1ccc(OCCN(C)C)cc1. The molecule has 5 heteroatoms. The number of nitrogens with one attached hydrogen (secondary N) is 1. The third-order valence-corrected chi connectivity index (χ3v) is 3.63. The molecule has 1 rings (SSSR count). The van der Waals surface area contributed by atoms with Crippen LogP contribution in [0, 0.1) is 0 Å². The van der Waals surface area contributed by atoms with Gasteiger partial charge in [0.25, 0.3) is 0 Å². The molecule has 0 unspecified atom stereocenters. The number of rotatable bonds is 8. The smallest absolute Gasteiger partial charge is 0.244 e. The third kappa shape index (κ3) is 5.36. The van der Waals surface area contributed by atoms with E-state index < -0.39 is 5.54 Å². The molecule has 5 nitrogen and oxygen atoms in total. The molecule has 21 heavy (non-hydrogen) atoms. The summed E-state index contributed by atoms with van der Waals surface area (Å²) in [5, 5.41) is 2.86. The number of ether oxygens (including phenoxy) is 1. The zero-order valence-electron chi connectivity index (χ0n) is 13.5. The molecule has 0 aliphatic heterocycles. The van der Waals surface area contributed by atoms with Crippen molar-refractivity contribution in [2.45, 2.75) is 32.2 Å². The largest absolute Gasteiger partial charge is 0.492 e. The van der Waals surface area contributed by atoms with E-state index in [0.717, 1.165) is 18.0 Å². The highest BCUT2D eigenvalue weighted by atomic mass is 16.5. The number of carbonyl (C=O) groups is 1. The van der Waals surface area contributed by atoms with Crippen LogP contribution in [0.1, 0.15) is 26.7 Å². The summed E-state index contributed by atoms with van der Waals surface area (Å²) in [5.74, 6) is 0.647. The van der Waals surface area contributed by atoms with Gasteiger partial charge in [0.1, 0.15) is 12.4 Å². The average molecular weight is 293 g/mol. The lowest BCUT2D eigenvalue weighted by molar-refractivity contribution is -0.121. The van der Waals surface area contributed by atoms with Gasteiger partial charge in [-0.25, -0.2) is 0 Å². The standard InChI is InChI=1S/C16H27N3O2/c1-5-16(17,6-2)15(20)18-13-7-9-14(10-8-13)21-12-11-19(3)4/h7-10H,5-6,11-12,17H2,1-4H3,(H,18,20). The number of carbonyl (C=O) groups excluding carboxylic acids is 1. The summed E-state index contributed by atoms with van der Waals surface area (Å²) >= 11 is 0. The van der Waals surface area contributed by atoms with Crippen molar-refractivity contribution in [3.05, 3.63) is 24.3 Å². The molecule has 0 fully saturated rings. The van der Waals surface area contributed by atoms with Crippen LogP contribution in [-0.4, -0.2) is 43.6 Å². The zero-order valence-corrected chi connectivity index (χ0v) is 13.5. The van der Waals surface area contributed by atoms with Gasteiger partial charge in [0, 0.05) is 12.2 Å². The van der Waals surface area contributed by atoms with Gasteiger partial charge >= 0.3 is 0 Å². The lowest BCUT2D eigenvalue weighted by Crippen LogP contribution is -2.50. The van der Waals surface area contributed by atoms with Gasteiger partial charge < -0.3 is 20.7 Å². The second-order valence-corrected chi connectivity index (χ2v) is 5.49. The maximum Gasteiger partial charge on any atom is 0.244 e. The first kappa shape index (κ1) is 17.5. The van der Waals surface area contributed by atoms with E-state index in [2.05, 4.69) is 10.2 Å². The van der Waals surface area contributed by atoms with Gasteiger partial charge in [0.2, 0.25) is 5.91 Å². The highest BCUT2D eigenvalue weighted by Crippen LogP contribution is 2.18. The van der Waals surface area contributed by atoms with Crippen molar-refractivity contribution in [1.82, 2.24) is 4.90 Å². The Morgan fingerprint density at radius 3 is 2.29 bits per heavy atom. The topological polar surface area (TPSA) is 67.6 Å². The minimum Gasteiger partial charge on any atom is -0.492 e. The highest BCUT2D eigenvalue weighted by molar-refractivity contribution is 5.97. The molecule has 1 aromatic rings. The van der Waals surface area contributed by atoms with E-state index in [-0.39, 0.29) is 5.91 Å². The number of anilines is 1. The minimum atomic E-state index is -0.805.